The largest absolute Gasteiger partial charge is 0.457 e. The Labute approximate surface area is 119 Å². The molecular formula is C13H13NO3S2. The van der Waals surface area contributed by atoms with Crippen molar-refractivity contribution in [2.24, 2.45) is 0 Å². The molecule has 0 aliphatic carbocycles. The zero-order valence-electron chi connectivity index (χ0n) is 10.3. The van der Waals surface area contributed by atoms with Crippen LogP contribution >= 0.6 is 22.7 Å². The number of carbonyl (C=O) groups excluding carboxylic acids is 2. The average molecular weight is 295 g/mol. The monoisotopic (exact) mass is 295 g/mol. The van der Waals surface area contributed by atoms with E-state index in [0.29, 0.717) is 16.3 Å². The van der Waals surface area contributed by atoms with Crippen LogP contribution in [0.3, 0.4) is 0 Å². The minimum atomic E-state index is -0.362. The number of rotatable bonds is 5. The summed E-state index contributed by atoms with van der Waals surface area (Å²) in [6.45, 7) is 2.05. The summed E-state index contributed by atoms with van der Waals surface area (Å²) in [5.41, 5.74) is 0. The fraction of sp³-hybridized carbons (Fsp3) is 0.231. The quantitative estimate of drug-likeness (QED) is 0.863. The molecule has 2 heterocycles. The van der Waals surface area contributed by atoms with E-state index in [0.717, 1.165) is 0 Å². The van der Waals surface area contributed by atoms with Crippen LogP contribution in [0.2, 0.25) is 0 Å². The molecule has 0 aliphatic heterocycles. The fourth-order valence-corrected chi connectivity index (χ4v) is 2.65. The van der Waals surface area contributed by atoms with Crippen molar-refractivity contribution < 1.29 is 14.3 Å². The summed E-state index contributed by atoms with van der Waals surface area (Å²) in [4.78, 5) is 24.6. The SMILES string of the molecule is C[C@@H](CNC(=O)c1cccs1)OC(=O)c1cccs1. The van der Waals surface area contributed by atoms with Gasteiger partial charge in [-0.15, -0.1) is 22.7 Å². The van der Waals surface area contributed by atoms with Crippen LogP contribution in [0.25, 0.3) is 0 Å². The number of thiophene rings is 2. The number of hydrogen-bond donors (Lipinski definition) is 1. The van der Waals surface area contributed by atoms with Crippen LogP contribution in [0.4, 0.5) is 0 Å². The molecule has 0 radical (unpaired) electrons. The van der Waals surface area contributed by atoms with Gasteiger partial charge in [0.15, 0.2) is 0 Å². The lowest BCUT2D eigenvalue weighted by atomic mass is 10.3. The van der Waals surface area contributed by atoms with Gasteiger partial charge in [0.2, 0.25) is 0 Å². The molecular weight excluding hydrogens is 282 g/mol. The standard InChI is InChI=1S/C13H13NO3S2/c1-9(17-13(16)11-5-3-7-19-11)8-14-12(15)10-4-2-6-18-10/h2-7,9H,8H2,1H3,(H,14,15)/t9-/m0/s1. The summed E-state index contributed by atoms with van der Waals surface area (Å²) in [5, 5.41) is 6.39. The van der Waals surface area contributed by atoms with Gasteiger partial charge >= 0.3 is 5.97 Å². The zero-order chi connectivity index (χ0) is 13.7. The number of nitrogens with one attached hydrogen (secondary N) is 1. The molecule has 0 saturated carbocycles. The number of ether oxygens (including phenoxy) is 1. The first kappa shape index (κ1) is 13.8. The number of carbonyl (C=O) groups is 2. The van der Waals surface area contributed by atoms with Crippen LogP contribution in [-0.2, 0) is 4.74 Å². The van der Waals surface area contributed by atoms with Crippen molar-refractivity contribution in [1.82, 2.24) is 5.32 Å². The highest BCUT2D eigenvalue weighted by Crippen LogP contribution is 2.11. The van der Waals surface area contributed by atoms with Gasteiger partial charge < -0.3 is 10.1 Å². The van der Waals surface area contributed by atoms with Crippen LogP contribution in [0, 0.1) is 0 Å². The van der Waals surface area contributed by atoms with Gasteiger partial charge in [-0.3, -0.25) is 4.79 Å². The predicted octanol–water partition coefficient (Wildman–Crippen LogP) is 2.78. The normalized spacial score (nSPS) is 11.8. The second kappa shape index (κ2) is 6.49. The summed E-state index contributed by atoms with van der Waals surface area (Å²) in [6.07, 6.45) is -0.362. The lowest BCUT2D eigenvalue weighted by Crippen LogP contribution is -2.32. The Hall–Kier alpha value is -1.66. The van der Waals surface area contributed by atoms with Gasteiger partial charge in [-0.1, -0.05) is 12.1 Å². The maximum Gasteiger partial charge on any atom is 0.348 e. The molecule has 6 heteroatoms. The van der Waals surface area contributed by atoms with Gasteiger partial charge in [-0.05, 0) is 29.8 Å². The predicted molar refractivity (Wildman–Crippen MR) is 75.8 cm³/mol. The molecule has 0 unspecified atom stereocenters. The van der Waals surface area contributed by atoms with Crippen molar-refractivity contribution in [3.8, 4) is 0 Å². The van der Waals surface area contributed by atoms with E-state index >= 15 is 0 Å². The molecule has 2 aromatic heterocycles. The van der Waals surface area contributed by atoms with Crippen LogP contribution in [0.15, 0.2) is 35.0 Å². The summed E-state index contributed by atoms with van der Waals surface area (Å²) in [7, 11) is 0. The maximum atomic E-state index is 11.7. The second-order valence-electron chi connectivity index (χ2n) is 3.88. The maximum absolute atomic E-state index is 11.7. The smallest absolute Gasteiger partial charge is 0.348 e. The van der Waals surface area contributed by atoms with Crippen LogP contribution in [0.1, 0.15) is 26.3 Å². The summed E-state index contributed by atoms with van der Waals surface area (Å²) >= 11 is 2.71. The van der Waals surface area contributed by atoms with Gasteiger partial charge in [0.1, 0.15) is 11.0 Å². The average Bonchev–Trinajstić information content (AvgIpc) is 3.07. The molecule has 0 fully saturated rings. The topological polar surface area (TPSA) is 55.4 Å². The molecule has 2 aromatic rings. The first-order valence-corrected chi connectivity index (χ1v) is 7.49. The Balaban J connectivity index is 1.77. The van der Waals surface area contributed by atoms with E-state index in [1.165, 1.54) is 22.7 Å². The Morgan fingerprint density at radius 1 is 1.21 bits per heavy atom. The van der Waals surface area contributed by atoms with E-state index in [1.807, 2.05) is 16.8 Å². The summed E-state index contributed by atoms with van der Waals surface area (Å²) in [5.74, 6) is -0.498. The van der Waals surface area contributed by atoms with E-state index in [9.17, 15) is 9.59 Å². The van der Waals surface area contributed by atoms with E-state index in [1.54, 1.807) is 25.1 Å². The molecule has 2 rings (SSSR count). The highest BCUT2D eigenvalue weighted by Gasteiger charge is 2.14. The summed E-state index contributed by atoms with van der Waals surface area (Å²) < 4.78 is 5.22. The van der Waals surface area contributed by atoms with Crippen molar-refractivity contribution in [2.45, 2.75) is 13.0 Å². The highest BCUT2D eigenvalue weighted by molar-refractivity contribution is 7.12. The molecule has 0 spiro atoms. The van der Waals surface area contributed by atoms with Gasteiger partial charge in [0.05, 0.1) is 11.4 Å². The number of esters is 1. The molecule has 4 nitrogen and oxygen atoms in total. The molecule has 1 atom stereocenters. The summed E-state index contributed by atoms with van der Waals surface area (Å²) in [6, 6.07) is 7.08. The first-order valence-electron chi connectivity index (χ1n) is 5.73. The molecule has 19 heavy (non-hydrogen) atoms. The van der Waals surface area contributed by atoms with Gasteiger partial charge in [0, 0.05) is 0 Å². The van der Waals surface area contributed by atoms with Crippen molar-refractivity contribution >= 4 is 34.6 Å². The molecule has 100 valence electrons. The number of hydrogen-bond acceptors (Lipinski definition) is 5. The molecule has 1 N–H and O–H groups in total. The fourth-order valence-electron chi connectivity index (χ4n) is 1.41. The van der Waals surface area contributed by atoms with Crippen LogP contribution in [-0.4, -0.2) is 24.5 Å². The van der Waals surface area contributed by atoms with Crippen LogP contribution in [0.5, 0.6) is 0 Å². The van der Waals surface area contributed by atoms with Gasteiger partial charge in [-0.2, -0.15) is 0 Å². The Kier molecular flexibility index (Phi) is 4.70. The van der Waals surface area contributed by atoms with E-state index in [4.69, 9.17) is 4.74 Å². The number of amides is 1. The third kappa shape index (κ3) is 3.90. The first-order chi connectivity index (χ1) is 9.16. The van der Waals surface area contributed by atoms with Crippen molar-refractivity contribution in [3.05, 3.63) is 44.8 Å². The lowest BCUT2D eigenvalue weighted by molar-refractivity contribution is 0.0343. The minimum Gasteiger partial charge on any atom is -0.457 e. The molecule has 0 saturated heterocycles. The van der Waals surface area contributed by atoms with Gasteiger partial charge in [0.25, 0.3) is 5.91 Å². The van der Waals surface area contributed by atoms with E-state index < -0.39 is 0 Å². The van der Waals surface area contributed by atoms with Crippen molar-refractivity contribution in [1.29, 1.82) is 0 Å². The third-order valence-corrected chi connectivity index (χ3v) is 4.04. The van der Waals surface area contributed by atoms with E-state index in [2.05, 4.69) is 5.32 Å². The van der Waals surface area contributed by atoms with Gasteiger partial charge in [-0.25, -0.2) is 4.79 Å². The second-order valence-corrected chi connectivity index (χ2v) is 5.78. The van der Waals surface area contributed by atoms with E-state index in [-0.39, 0.29) is 18.0 Å². The third-order valence-electron chi connectivity index (χ3n) is 2.33. The Bertz CT molecular complexity index is 534. The molecule has 0 aromatic carbocycles. The highest BCUT2D eigenvalue weighted by atomic mass is 32.1. The molecule has 1 amide bonds. The van der Waals surface area contributed by atoms with Crippen molar-refractivity contribution in [3.63, 3.8) is 0 Å². The Morgan fingerprint density at radius 2 is 1.84 bits per heavy atom. The molecule has 0 bridgehead atoms. The zero-order valence-corrected chi connectivity index (χ0v) is 11.9. The van der Waals surface area contributed by atoms with Crippen molar-refractivity contribution in [2.75, 3.05) is 6.54 Å². The molecule has 0 aliphatic rings. The minimum absolute atomic E-state index is 0.144. The lowest BCUT2D eigenvalue weighted by Gasteiger charge is -2.13. The van der Waals surface area contributed by atoms with Crippen LogP contribution < -0.4 is 5.32 Å². The Morgan fingerprint density at radius 3 is 2.42 bits per heavy atom.